The third kappa shape index (κ3) is 4.20. The standard InChI is InChI=1S/C24H22BrNO6/c1-31-24(30)16-6-4-14(5-7-16)20-19(21(27)15-8-10-17(25)11-9-15)22(28)23(29)26(20)13-18-3-2-12-32-18/h4-11,18,20,27H,2-3,12-13H2,1H3/t18-,20+/m0/s1. The van der Waals surface area contributed by atoms with E-state index >= 15 is 0 Å². The molecule has 0 bridgehead atoms. The monoisotopic (exact) mass is 499 g/mol. The Morgan fingerprint density at radius 2 is 1.78 bits per heavy atom. The Bertz CT molecular complexity index is 1070. The average Bonchev–Trinajstić information content (AvgIpc) is 3.41. The number of amides is 1. The van der Waals surface area contributed by atoms with Crippen molar-refractivity contribution in [3.63, 3.8) is 0 Å². The minimum Gasteiger partial charge on any atom is -0.507 e. The highest BCUT2D eigenvalue weighted by molar-refractivity contribution is 9.10. The van der Waals surface area contributed by atoms with E-state index in [1.54, 1.807) is 48.5 Å². The molecule has 2 heterocycles. The molecule has 0 unspecified atom stereocenters. The maximum atomic E-state index is 13.0. The van der Waals surface area contributed by atoms with Crippen LogP contribution in [0.4, 0.5) is 0 Å². The van der Waals surface area contributed by atoms with Gasteiger partial charge in [-0.1, -0.05) is 40.2 Å². The molecule has 2 aliphatic heterocycles. The number of aliphatic hydroxyl groups is 1. The first-order valence-corrected chi connectivity index (χ1v) is 11.0. The number of rotatable bonds is 5. The van der Waals surface area contributed by atoms with E-state index in [0.29, 0.717) is 23.3 Å². The lowest BCUT2D eigenvalue weighted by molar-refractivity contribution is -0.140. The summed E-state index contributed by atoms with van der Waals surface area (Å²) >= 11 is 3.35. The van der Waals surface area contributed by atoms with Crippen LogP contribution >= 0.6 is 15.9 Å². The number of ether oxygens (including phenoxy) is 2. The average molecular weight is 500 g/mol. The van der Waals surface area contributed by atoms with Gasteiger partial charge in [0.25, 0.3) is 11.7 Å². The molecule has 0 aromatic heterocycles. The Hall–Kier alpha value is -2.97. The summed E-state index contributed by atoms with van der Waals surface area (Å²) in [6.07, 6.45) is 1.52. The number of nitrogens with zero attached hydrogens (tertiary/aromatic N) is 1. The topological polar surface area (TPSA) is 93.1 Å². The molecule has 2 saturated heterocycles. The van der Waals surface area contributed by atoms with Crippen molar-refractivity contribution in [3.05, 3.63) is 75.3 Å². The predicted octanol–water partition coefficient (Wildman–Crippen LogP) is 3.84. The molecule has 2 aromatic carbocycles. The molecule has 2 aromatic rings. The van der Waals surface area contributed by atoms with Gasteiger partial charge in [-0.25, -0.2) is 4.79 Å². The fourth-order valence-electron chi connectivity index (χ4n) is 4.11. The number of hydrogen-bond donors (Lipinski definition) is 1. The highest BCUT2D eigenvalue weighted by Crippen LogP contribution is 2.40. The number of likely N-dealkylation sites (tertiary alicyclic amines) is 1. The number of benzene rings is 2. The molecular weight excluding hydrogens is 478 g/mol. The lowest BCUT2D eigenvalue weighted by Crippen LogP contribution is -2.36. The van der Waals surface area contributed by atoms with Crippen LogP contribution in [0.2, 0.25) is 0 Å². The molecule has 1 N–H and O–H groups in total. The predicted molar refractivity (Wildman–Crippen MR) is 120 cm³/mol. The molecule has 166 valence electrons. The van der Waals surface area contributed by atoms with Crippen LogP contribution in [0, 0.1) is 0 Å². The molecule has 0 saturated carbocycles. The zero-order valence-corrected chi connectivity index (χ0v) is 19.0. The van der Waals surface area contributed by atoms with Crippen molar-refractivity contribution in [2.75, 3.05) is 20.3 Å². The molecule has 0 aliphatic carbocycles. The molecule has 32 heavy (non-hydrogen) atoms. The van der Waals surface area contributed by atoms with E-state index in [0.717, 1.165) is 17.3 Å². The number of halogens is 1. The van der Waals surface area contributed by atoms with E-state index in [4.69, 9.17) is 9.47 Å². The van der Waals surface area contributed by atoms with Gasteiger partial charge in [0.15, 0.2) is 0 Å². The van der Waals surface area contributed by atoms with E-state index in [9.17, 15) is 19.5 Å². The van der Waals surface area contributed by atoms with E-state index in [1.807, 2.05) is 0 Å². The van der Waals surface area contributed by atoms with Gasteiger partial charge in [0, 0.05) is 23.2 Å². The lowest BCUT2D eigenvalue weighted by Gasteiger charge is -2.27. The van der Waals surface area contributed by atoms with Gasteiger partial charge in [0.1, 0.15) is 5.76 Å². The number of hydrogen-bond acceptors (Lipinski definition) is 6. The zero-order chi connectivity index (χ0) is 22.8. The maximum absolute atomic E-state index is 13.0. The third-order valence-corrected chi connectivity index (χ3v) is 6.26. The van der Waals surface area contributed by atoms with Crippen molar-refractivity contribution in [3.8, 4) is 0 Å². The normalized spacial score (nSPS) is 22.4. The third-order valence-electron chi connectivity index (χ3n) is 5.73. The number of Topliss-reactive ketones (excluding diaryl/α,β-unsaturated/α-hetero) is 1. The van der Waals surface area contributed by atoms with Gasteiger partial charge in [-0.05, 0) is 42.7 Å². The molecule has 2 aliphatic rings. The fourth-order valence-corrected chi connectivity index (χ4v) is 4.37. The highest BCUT2D eigenvalue weighted by atomic mass is 79.9. The first-order valence-electron chi connectivity index (χ1n) is 10.2. The van der Waals surface area contributed by atoms with Gasteiger partial charge in [0.2, 0.25) is 0 Å². The van der Waals surface area contributed by atoms with Crippen molar-refractivity contribution < 1.29 is 29.0 Å². The summed E-state index contributed by atoms with van der Waals surface area (Å²) in [5.41, 5.74) is 1.40. The summed E-state index contributed by atoms with van der Waals surface area (Å²) < 4.78 is 11.3. The Morgan fingerprint density at radius 1 is 1.12 bits per heavy atom. The van der Waals surface area contributed by atoms with Crippen molar-refractivity contribution in [2.45, 2.75) is 25.0 Å². The van der Waals surface area contributed by atoms with Gasteiger partial charge in [-0.2, -0.15) is 0 Å². The second-order valence-corrected chi connectivity index (χ2v) is 8.62. The number of carbonyl (C=O) groups excluding carboxylic acids is 3. The van der Waals surface area contributed by atoms with Crippen LogP contribution in [-0.4, -0.2) is 54.0 Å². The smallest absolute Gasteiger partial charge is 0.337 e. The largest absolute Gasteiger partial charge is 0.507 e. The second-order valence-electron chi connectivity index (χ2n) is 7.71. The number of carbonyl (C=O) groups is 3. The summed E-state index contributed by atoms with van der Waals surface area (Å²) in [6.45, 7) is 0.858. The number of aliphatic hydroxyl groups excluding tert-OH is 1. The molecule has 2 fully saturated rings. The SMILES string of the molecule is COC(=O)c1ccc([C@@H]2C(=C(O)c3ccc(Br)cc3)C(=O)C(=O)N2C[C@@H]2CCCO2)cc1. The summed E-state index contributed by atoms with van der Waals surface area (Å²) in [7, 11) is 1.30. The van der Waals surface area contributed by atoms with Crippen molar-refractivity contribution >= 4 is 39.3 Å². The van der Waals surface area contributed by atoms with E-state index < -0.39 is 23.7 Å². The summed E-state index contributed by atoms with van der Waals surface area (Å²) in [6, 6.07) is 12.5. The number of ketones is 1. The van der Waals surface area contributed by atoms with Crippen LogP contribution < -0.4 is 0 Å². The van der Waals surface area contributed by atoms with E-state index in [2.05, 4.69) is 15.9 Å². The molecule has 1 amide bonds. The number of esters is 1. The first-order chi connectivity index (χ1) is 15.4. The fraction of sp³-hybridized carbons (Fsp3) is 0.292. The summed E-state index contributed by atoms with van der Waals surface area (Å²) in [5, 5.41) is 11.0. The van der Waals surface area contributed by atoms with E-state index in [1.165, 1.54) is 12.0 Å². The maximum Gasteiger partial charge on any atom is 0.337 e. The highest BCUT2D eigenvalue weighted by Gasteiger charge is 2.47. The Morgan fingerprint density at radius 3 is 2.38 bits per heavy atom. The zero-order valence-electron chi connectivity index (χ0n) is 17.4. The minimum absolute atomic E-state index is 0.0149. The van der Waals surface area contributed by atoms with Crippen molar-refractivity contribution in [1.82, 2.24) is 4.90 Å². The Balaban J connectivity index is 1.80. The van der Waals surface area contributed by atoms with Crippen LogP contribution in [0.5, 0.6) is 0 Å². The molecule has 7 nitrogen and oxygen atoms in total. The second kappa shape index (κ2) is 9.26. The lowest BCUT2D eigenvalue weighted by atomic mass is 9.94. The molecule has 0 radical (unpaired) electrons. The minimum atomic E-state index is -0.797. The van der Waals surface area contributed by atoms with Crippen LogP contribution in [0.1, 0.15) is 40.4 Å². The Kier molecular flexibility index (Phi) is 6.43. The molecule has 2 atom stereocenters. The van der Waals surface area contributed by atoms with E-state index in [-0.39, 0.29) is 24.0 Å². The summed E-state index contributed by atoms with van der Waals surface area (Å²) in [4.78, 5) is 39.3. The first kappa shape index (κ1) is 22.2. The van der Waals surface area contributed by atoms with Gasteiger partial charge in [0.05, 0.1) is 30.4 Å². The van der Waals surface area contributed by atoms with Crippen LogP contribution in [0.15, 0.2) is 58.6 Å². The van der Waals surface area contributed by atoms with Crippen molar-refractivity contribution in [1.29, 1.82) is 0 Å². The van der Waals surface area contributed by atoms with Gasteiger partial charge in [-0.3, -0.25) is 9.59 Å². The van der Waals surface area contributed by atoms with Crippen LogP contribution in [-0.2, 0) is 19.1 Å². The number of methoxy groups -OCH3 is 1. The Labute approximate surface area is 193 Å². The molecule has 4 rings (SSSR count). The summed E-state index contributed by atoms with van der Waals surface area (Å²) in [5.74, 6) is -2.15. The van der Waals surface area contributed by atoms with Gasteiger partial charge < -0.3 is 19.5 Å². The van der Waals surface area contributed by atoms with Crippen LogP contribution in [0.25, 0.3) is 5.76 Å². The van der Waals surface area contributed by atoms with Gasteiger partial charge in [-0.15, -0.1) is 0 Å². The van der Waals surface area contributed by atoms with Crippen molar-refractivity contribution in [2.24, 2.45) is 0 Å². The molecule has 8 heteroatoms. The quantitative estimate of drug-likeness (QED) is 0.290. The molecular formula is C24H22BrNO6. The molecule has 0 spiro atoms. The van der Waals surface area contributed by atoms with Crippen LogP contribution in [0.3, 0.4) is 0 Å². The van der Waals surface area contributed by atoms with Gasteiger partial charge >= 0.3 is 5.97 Å².